The summed E-state index contributed by atoms with van der Waals surface area (Å²) in [6, 6.07) is 1.35. The zero-order chi connectivity index (χ0) is 13.0. The van der Waals surface area contributed by atoms with Crippen LogP contribution in [0, 0.1) is 23.2 Å². The number of H-pyrrole nitrogens is 1. The van der Waals surface area contributed by atoms with Gasteiger partial charge in [-0.1, -0.05) is 0 Å². The fourth-order valence-corrected chi connectivity index (χ4v) is 5.39. The van der Waals surface area contributed by atoms with Crippen LogP contribution in [0.3, 0.4) is 0 Å². The van der Waals surface area contributed by atoms with Crippen LogP contribution >= 0.6 is 0 Å². The Morgan fingerprint density at radius 3 is 2.32 bits per heavy atom. The van der Waals surface area contributed by atoms with E-state index < -0.39 is 0 Å². The number of aromatic amines is 1. The molecule has 102 valence electrons. The van der Waals surface area contributed by atoms with Crippen LogP contribution in [0.2, 0.25) is 0 Å². The van der Waals surface area contributed by atoms with Crippen LogP contribution < -0.4 is 11.3 Å². The van der Waals surface area contributed by atoms with Crippen molar-refractivity contribution in [1.29, 1.82) is 0 Å². The molecule has 4 aliphatic rings. The summed E-state index contributed by atoms with van der Waals surface area (Å²) in [5.41, 5.74) is 6.64. The minimum atomic E-state index is -0.102. The van der Waals surface area contributed by atoms with Gasteiger partial charge in [0.25, 0.3) is 5.56 Å². The molecule has 4 fully saturated rings. The highest BCUT2D eigenvalue weighted by atomic mass is 16.1. The minimum Gasteiger partial charge on any atom is -0.321 e. The molecule has 5 rings (SSSR count). The molecule has 1 atom stereocenters. The lowest BCUT2D eigenvalue weighted by Crippen LogP contribution is -2.51. The number of hydrogen-bond acceptors (Lipinski definition) is 3. The molecule has 3 N–H and O–H groups in total. The maximum absolute atomic E-state index is 11.5. The summed E-state index contributed by atoms with van der Waals surface area (Å²) in [4.78, 5) is 18.6. The van der Waals surface area contributed by atoms with Gasteiger partial charge in [0.05, 0.1) is 6.04 Å². The molecule has 4 nitrogen and oxygen atoms in total. The Bertz CT molecular complexity index is 515. The Hall–Kier alpha value is -1.16. The largest absolute Gasteiger partial charge is 0.321 e. The maximum atomic E-state index is 11.5. The molecule has 0 aliphatic heterocycles. The predicted octanol–water partition coefficient (Wildman–Crippen LogP) is 1.99. The molecule has 1 aromatic rings. The van der Waals surface area contributed by atoms with Crippen molar-refractivity contribution in [3.8, 4) is 0 Å². The van der Waals surface area contributed by atoms with E-state index in [1.54, 1.807) is 6.20 Å². The van der Waals surface area contributed by atoms with Gasteiger partial charge in [-0.05, 0) is 61.7 Å². The maximum Gasteiger partial charge on any atom is 0.250 e. The summed E-state index contributed by atoms with van der Waals surface area (Å²) < 4.78 is 0. The van der Waals surface area contributed by atoms with E-state index in [-0.39, 0.29) is 17.0 Å². The fraction of sp³-hybridized carbons (Fsp3) is 0.733. The molecule has 1 aromatic heterocycles. The molecule has 1 heterocycles. The second-order valence-corrected chi connectivity index (χ2v) is 7.08. The first-order valence-electron chi connectivity index (χ1n) is 7.45. The second kappa shape index (κ2) is 3.92. The molecule has 0 spiro atoms. The van der Waals surface area contributed by atoms with Crippen LogP contribution in [0.1, 0.15) is 50.4 Å². The van der Waals surface area contributed by atoms with E-state index in [0.717, 1.165) is 17.8 Å². The summed E-state index contributed by atoms with van der Waals surface area (Å²) in [5.74, 6) is 3.29. The molecule has 0 aromatic carbocycles. The first kappa shape index (κ1) is 11.6. The highest BCUT2D eigenvalue weighted by molar-refractivity contribution is 5.10. The summed E-state index contributed by atoms with van der Waals surface area (Å²) in [6.45, 7) is 0. The SMILES string of the molecule is NC(c1nccc(=O)[nH]1)C12CC3CC(CC(C3)C1)C2. The van der Waals surface area contributed by atoms with Crippen molar-refractivity contribution in [3.05, 3.63) is 28.4 Å². The van der Waals surface area contributed by atoms with Gasteiger partial charge in [-0.15, -0.1) is 0 Å². The Balaban J connectivity index is 1.69. The average Bonchev–Trinajstić information content (AvgIpc) is 2.36. The normalized spacial score (nSPS) is 41.4. The number of hydrogen-bond donors (Lipinski definition) is 2. The van der Waals surface area contributed by atoms with Crippen LogP contribution in [0.4, 0.5) is 0 Å². The van der Waals surface area contributed by atoms with E-state index in [1.165, 1.54) is 44.6 Å². The zero-order valence-electron chi connectivity index (χ0n) is 11.1. The molecule has 0 saturated heterocycles. The third-order valence-electron chi connectivity index (χ3n) is 5.73. The molecule has 4 aliphatic carbocycles. The van der Waals surface area contributed by atoms with Gasteiger partial charge in [0.1, 0.15) is 5.82 Å². The third kappa shape index (κ3) is 1.76. The average molecular weight is 259 g/mol. The van der Waals surface area contributed by atoms with Crippen LogP contribution in [-0.2, 0) is 0 Å². The van der Waals surface area contributed by atoms with E-state index in [4.69, 9.17) is 5.73 Å². The summed E-state index contributed by atoms with van der Waals surface area (Å²) in [7, 11) is 0. The molecular formula is C15H21N3O. The second-order valence-electron chi connectivity index (χ2n) is 7.08. The van der Waals surface area contributed by atoms with Crippen LogP contribution in [0.25, 0.3) is 0 Å². The number of nitrogens with zero attached hydrogens (tertiary/aromatic N) is 1. The van der Waals surface area contributed by atoms with Crippen LogP contribution in [-0.4, -0.2) is 9.97 Å². The standard InChI is InChI=1S/C15H21N3O/c16-13(14-17-2-1-12(19)18-14)15-6-9-3-10(7-15)5-11(4-9)8-15/h1-2,9-11,13H,3-8,16H2,(H,17,18,19). The summed E-state index contributed by atoms with van der Waals surface area (Å²) in [5, 5.41) is 0. The number of rotatable bonds is 2. The summed E-state index contributed by atoms with van der Waals surface area (Å²) >= 11 is 0. The minimum absolute atomic E-state index is 0.0924. The molecule has 0 amide bonds. The lowest BCUT2D eigenvalue weighted by molar-refractivity contribution is -0.0692. The highest BCUT2D eigenvalue weighted by Gasteiger charge is 2.54. The van der Waals surface area contributed by atoms with Gasteiger partial charge in [-0.2, -0.15) is 0 Å². The van der Waals surface area contributed by atoms with E-state index in [9.17, 15) is 4.79 Å². The molecule has 4 bridgehead atoms. The Morgan fingerprint density at radius 1 is 1.21 bits per heavy atom. The van der Waals surface area contributed by atoms with Crippen LogP contribution in [0.5, 0.6) is 0 Å². The first-order chi connectivity index (χ1) is 9.14. The van der Waals surface area contributed by atoms with Crippen molar-refractivity contribution in [2.45, 2.75) is 44.6 Å². The quantitative estimate of drug-likeness (QED) is 0.853. The van der Waals surface area contributed by atoms with Gasteiger partial charge in [0.2, 0.25) is 0 Å². The zero-order valence-corrected chi connectivity index (χ0v) is 11.1. The predicted molar refractivity (Wildman–Crippen MR) is 72.4 cm³/mol. The van der Waals surface area contributed by atoms with Crippen molar-refractivity contribution >= 4 is 0 Å². The van der Waals surface area contributed by atoms with Crippen molar-refractivity contribution in [2.75, 3.05) is 0 Å². The van der Waals surface area contributed by atoms with Crippen molar-refractivity contribution in [2.24, 2.45) is 28.9 Å². The molecule has 0 radical (unpaired) electrons. The van der Waals surface area contributed by atoms with E-state index >= 15 is 0 Å². The van der Waals surface area contributed by atoms with Gasteiger partial charge in [0, 0.05) is 12.3 Å². The lowest BCUT2D eigenvalue weighted by Gasteiger charge is -2.58. The Kier molecular flexibility index (Phi) is 2.40. The third-order valence-corrected chi connectivity index (χ3v) is 5.73. The topological polar surface area (TPSA) is 71.8 Å². The molecule has 1 unspecified atom stereocenters. The number of nitrogens with two attached hydrogens (primary N) is 1. The Labute approximate surface area is 112 Å². The van der Waals surface area contributed by atoms with Crippen molar-refractivity contribution in [3.63, 3.8) is 0 Å². The lowest BCUT2D eigenvalue weighted by atomic mass is 9.47. The first-order valence-corrected chi connectivity index (χ1v) is 7.45. The summed E-state index contributed by atoms with van der Waals surface area (Å²) in [6.07, 6.45) is 9.50. The van der Waals surface area contributed by atoms with E-state index in [0.29, 0.717) is 5.82 Å². The van der Waals surface area contributed by atoms with Gasteiger partial charge >= 0.3 is 0 Å². The molecule has 4 heteroatoms. The molecular weight excluding hydrogens is 238 g/mol. The van der Waals surface area contributed by atoms with E-state index in [1.807, 2.05) is 0 Å². The monoisotopic (exact) mass is 259 g/mol. The molecule has 19 heavy (non-hydrogen) atoms. The van der Waals surface area contributed by atoms with Crippen LogP contribution in [0.15, 0.2) is 17.1 Å². The fourth-order valence-electron chi connectivity index (χ4n) is 5.39. The van der Waals surface area contributed by atoms with Gasteiger partial charge in [-0.3, -0.25) is 4.79 Å². The smallest absolute Gasteiger partial charge is 0.250 e. The number of nitrogens with one attached hydrogen (secondary N) is 1. The molecule has 4 saturated carbocycles. The van der Waals surface area contributed by atoms with Gasteiger partial charge in [0.15, 0.2) is 0 Å². The van der Waals surface area contributed by atoms with Gasteiger partial charge in [-0.25, -0.2) is 4.98 Å². The highest BCUT2D eigenvalue weighted by Crippen LogP contribution is 2.63. The van der Waals surface area contributed by atoms with E-state index in [2.05, 4.69) is 9.97 Å². The number of aromatic nitrogens is 2. The van der Waals surface area contributed by atoms with Crippen molar-refractivity contribution < 1.29 is 0 Å². The van der Waals surface area contributed by atoms with Gasteiger partial charge < -0.3 is 10.7 Å². The van der Waals surface area contributed by atoms with Crippen molar-refractivity contribution in [1.82, 2.24) is 9.97 Å². The Morgan fingerprint density at radius 2 is 1.79 bits per heavy atom.